The maximum atomic E-state index is 11.8. The molecule has 0 atom stereocenters. The molecule has 0 aliphatic carbocycles. The van der Waals surface area contributed by atoms with Crippen LogP contribution in [0.3, 0.4) is 0 Å². The molecule has 172 valence electrons. The molecule has 2 aromatic heterocycles. The lowest BCUT2D eigenvalue weighted by Gasteiger charge is -2.41. The number of anilines is 1. The third kappa shape index (κ3) is 4.88. The van der Waals surface area contributed by atoms with Gasteiger partial charge < -0.3 is 24.0 Å². The number of aromatic nitrogens is 2. The Labute approximate surface area is 197 Å². The van der Waals surface area contributed by atoms with Crippen LogP contribution in [0.25, 0.3) is 0 Å². The van der Waals surface area contributed by atoms with Gasteiger partial charge in [0.25, 0.3) is 0 Å². The molecular weight excluding hydrogens is 430 g/mol. The van der Waals surface area contributed by atoms with Crippen LogP contribution in [0.4, 0.5) is 5.69 Å². The molecule has 1 fully saturated rings. The topological polar surface area (TPSA) is 76.8 Å². The highest BCUT2D eigenvalue weighted by Crippen LogP contribution is 2.30. The summed E-state index contributed by atoms with van der Waals surface area (Å²) in [5, 5.41) is 9.70. The van der Waals surface area contributed by atoms with Crippen molar-refractivity contribution in [1.82, 2.24) is 9.55 Å². The second kappa shape index (κ2) is 9.70. The smallest absolute Gasteiger partial charge is 0.336 e. The van der Waals surface area contributed by atoms with Gasteiger partial charge in [-0.15, -0.1) is 0 Å². The van der Waals surface area contributed by atoms with Crippen molar-refractivity contribution in [2.45, 2.75) is 19.3 Å². The van der Waals surface area contributed by atoms with Crippen molar-refractivity contribution >= 4 is 11.7 Å². The van der Waals surface area contributed by atoms with Crippen molar-refractivity contribution in [2.75, 3.05) is 18.0 Å². The fourth-order valence-electron chi connectivity index (χ4n) is 4.05. The molecule has 0 amide bonds. The van der Waals surface area contributed by atoms with Gasteiger partial charge in [-0.25, -0.2) is 9.78 Å². The summed E-state index contributed by atoms with van der Waals surface area (Å²) in [4.78, 5) is 18.2. The predicted octanol–water partition coefficient (Wildman–Crippen LogP) is 4.48. The van der Waals surface area contributed by atoms with Crippen molar-refractivity contribution in [3.8, 4) is 11.6 Å². The number of hydrogen-bond acceptors (Lipinski definition) is 5. The van der Waals surface area contributed by atoms with Crippen molar-refractivity contribution in [3.05, 3.63) is 108 Å². The second-order valence-corrected chi connectivity index (χ2v) is 8.21. The number of hydrogen-bond donors (Lipinski definition) is 1. The molecule has 1 N–H and O–H groups in total. The van der Waals surface area contributed by atoms with Gasteiger partial charge in [-0.1, -0.05) is 24.3 Å². The molecule has 7 heteroatoms. The molecule has 0 unspecified atom stereocenters. The first-order valence-electron chi connectivity index (χ1n) is 11.2. The predicted molar refractivity (Wildman–Crippen MR) is 129 cm³/mol. The largest absolute Gasteiger partial charge is 0.487 e. The van der Waals surface area contributed by atoms with Crippen LogP contribution >= 0.6 is 0 Å². The standard InChI is InChI=1S/C27H25N3O4/c31-27(32)23-6-5-7-25(24(23)18-29-14-3-4-15-29)30-16-22(17-30)34-21-11-9-20(10-12-21)19-33-26-8-1-2-13-28-26/h1-15,22H,16-19H2,(H,31,32). The van der Waals surface area contributed by atoms with E-state index in [1.807, 2.05) is 77.6 Å². The van der Waals surface area contributed by atoms with Crippen LogP contribution < -0.4 is 14.4 Å². The number of benzene rings is 2. The van der Waals surface area contributed by atoms with Gasteiger partial charge in [0, 0.05) is 42.5 Å². The van der Waals surface area contributed by atoms with E-state index in [0.717, 1.165) is 22.6 Å². The zero-order valence-electron chi connectivity index (χ0n) is 18.6. The maximum absolute atomic E-state index is 11.8. The molecule has 4 aromatic rings. The number of ether oxygens (including phenoxy) is 2. The Morgan fingerprint density at radius 1 is 0.971 bits per heavy atom. The Balaban J connectivity index is 1.20. The van der Waals surface area contributed by atoms with Gasteiger partial charge in [-0.2, -0.15) is 0 Å². The monoisotopic (exact) mass is 455 g/mol. The molecule has 34 heavy (non-hydrogen) atoms. The van der Waals surface area contributed by atoms with Crippen molar-refractivity contribution in [3.63, 3.8) is 0 Å². The van der Waals surface area contributed by atoms with E-state index in [1.165, 1.54) is 0 Å². The molecule has 1 aliphatic heterocycles. The average molecular weight is 456 g/mol. The lowest BCUT2D eigenvalue weighted by molar-refractivity contribution is 0.0695. The second-order valence-electron chi connectivity index (χ2n) is 8.21. The lowest BCUT2D eigenvalue weighted by Crippen LogP contribution is -2.54. The zero-order chi connectivity index (χ0) is 23.3. The van der Waals surface area contributed by atoms with E-state index in [4.69, 9.17) is 9.47 Å². The van der Waals surface area contributed by atoms with E-state index in [2.05, 4.69) is 9.88 Å². The van der Waals surface area contributed by atoms with Crippen LogP contribution in [0.5, 0.6) is 11.6 Å². The molecule has 3 heterocycles. The van der Waals surface area contributed by atoms with Gasteiger partial charge in [-0.05, 0) is 48.0 Å². The molecule has 0 radical (unpaired) electrons. The maximum Gasteiger partial charge on any atom is 0.336 e. The Kier molecular flexibility index (Phi) is 6.16. The van der Waals surface area contributed by atoms with E-state index in [-0.39, 0.29) is 6.10 Å². The fraction of sp³-hybridized carbons (Fsp3) is 0.185. The van der Waals surface area contributed by atoms with E-state index in [0.29, 0.717) is 37.7 Å². The number of aromatic carboxylic acids is 1. The summed E-state index contributed by atoms with van der Waals surface area (Å²) in [5.41, 5.74) is 3.12. The SMILES string of the molecule is O=C(O)c1cccc(N2CC(Oc3ccc(COc4ccccn4)cc3)C2)c1Cn1cccc1. The van der Waals surface area contributed by atoms with Crippen molar-refractivity contribution in [2.24, 2.45) is 0 Å². The minimum absolute atomic E-state index is 0.0449. The first kappa shape index (κ1) is 21.6. The molecular formula is C27H25N3O4. The molecule has 0 saturated carbocycles. The highest BCUT2D eigenvalue weighted by atomic mass is 16.5. The number of carboxylic acids is 1. The average Bonchev–Trinajstić information content (AvgIpc) is 3.35. The summed E-state index contributed by atoms with van der Waals surface area (Å²) in [7, 11) is 0. The molecule has 7 nitrogen and oxygen atoms in total. The Morgan fingerprint density at radius 2 is 1.76 bits per heavy atom. The van der Waals surface area contributed by atoms with Gasteiger partial charge in [0.05, 0.1) is 18.7 Å². The van der Waals surface area contributed by atoms with Gasteiger partial charge >= 0.3 is 5.97 Å². The summed E-state index contributed by atoms with van der Waals surface area (Å²) >= 11 is 0. The Bertz CT molecular complexity index is 1230. The van der Waals surface area contributed by atoms with Crippen LogP contribution in [-0.4, -0.2) is 39.8 Å². The molecule has 2 aromatic carbocycles. The Hall–Kier alpha value is -4.26. The van der Waals surface area contributed by atoms with Crippen LogP contribution in [-0.2, 0) is 13.2 Å². The van der Waals surface area contributed by atoms with E-state index in [9.17, 15) is 9.90 Å². The van der Waals surface area contributed by atoms with Gasteiger partial charge in [0.15, 0.2) is 0 Å². The number of rotatable bonds is 9. The van der Waals surface area contributed by atoms with Crippen LogP contribution in [0.2, 0.25) is 0 Å². The van der Waals surface area contributed by atoms with Gasteiger partial charge in [0.2, 0.25) is 5.88 Å². The third-order valence-electron chi connectivity index (χ3n) is 5.83. The Morgan fingerprint density at radius 3 is 2.47 bits per heavy atom. The fourth-order valence-corrected chi connectivity index (χ4v) is 4.05. The van der Waals surface area contributed by atoms with E-state index < -0.39 is 5.97 Å². The third-order valence-corrected chi connectivity index (χ3v) is 5.83. The van der Waals surface area contributed by atoms with E-state index in [1.54, 1.807) is 18.3 Å². The van der Waals surface area contributed by atoms with Crippen molar-refractivity contribution < 1.29 is 19.4 Å². The summed E-state index contributed by atoms with van der Waals surface area (Å²) in [6, 6.07) is 22.8. The highest BCUT2D eigenvalue weighted by Gasteiger charge is 2.31. The highest BCUT2D eigenvalue weighted by molar-refractivity contribution is 5.91. The number of pyridine rings is 1. The molecule has 1 saturated heterocycles. The van der Waals surface area contributed by atoms with Crippen molar-refractivity contribution in [1.29, 1.82) is 0 Å². The minimum Gasteiger partial charge on any atom is -0.487 e. The van der Waals surface area contributed by atoms with Gasteiger partial charge in [0.1, 0.15) is 18.5 Å². The summed E-state index contributed by atoms with van der Waals surface area (Å²) in [6.45, 7) is 2.35. The number of nitrogens with zero attached hydrogens (tertiary/aromatic N) is 3. The minimum atomic E-state index is -0.913. The summed E-state index contributed by atoms with van der Waals surface area (Å²) < 4.78 is 13.8. The first-order chi connectivity index (χ1) is 16.7. The summed E-state index contributed by atoms with van der Waals surface area (Å²) in [6.07, 6.45) is 5.63. The molecule has 0 spiro atoms. The molecule has 1 aliphatic rings. The lowest BCUT2D eigenvalue weighted by atomic mass is 10.0. The molecule has 5 rings (SSSR count). The molecule has 0 bridgehead atoms. The normalized spacial score (nSPS) is 13.4. The number of carbonyl (C=O) groups is 1. The van der Waals surface area contributed by atoms with E-state index >= 15 is 0 Å². The van der Waals surface area contributed by atoms with Crippen LogP contribution in [0.1, 0.15) is 21.5 Å². The zero-order valence-corrected chi connectivity index (χ0v) is 18.6. The quantitative estimate of drug-likeness (QED) is 0.401. The summed E-state index contributed by atoms with van der Waals surface area (Å²) in [5.74, 6) is 0.489. The van der Waals surface area contributed by atoms with Crippen LogP contribution in [0, 0.1) is 0 Å². The van der Waals surface area contributed by atoms with Gasteiger partial charge in [-0.3, -0.25) is 0 Å². The number of carboxylic acid groups (broad SMARTS) is 1. The van der Waals surface area contributed by atoms with Crippen LogP contribution in [0.15, 0.2) is 91.4 Å². The first-order valence-corrected chi connectivity index (χ1v) is 11.2.